The van der Waals surface area contributed by atoms with Crippen molar-refractivity contribution in [3.8, 4) is 6.07 Å². The monoisotopic (exact) mass is 228 g/mol. The molecule has 2 rings (SSSR count). The third-order valence-electron chi connectivity index (χ3n) is 3.16. The quantitative estimate of drug-likeness (QED) is 0.863. The van der Waals surface area contributed by atoms with Gasteiger partial charge in [0.1, 0.15) is 0 Å². The Hall–Kier alpha value is -1.82. The summed E-state index contributed by atoms with van der Waals surface area (Å²) >= 11 is 0. The maximum absolute atomic E-state index is 12.0. The highest BCUT2D eigenvalue weighted by atomic mass is 16.1. The fourth-order valence-corrected chi connectivity index (χ4v) is 2.25. The molecular formula is C14H16N2O. The number of nitrogens with one attached hydrogen (secondary N) is 1. The van der Waals surface area contributed by atoms with Gasteiger partial charge in [0.25, 0.3) is 5.91 Å². The number of carbonyl (C=O) groups excluding carboxylic acids is 1. The van der Waals surface area contributed by atoms with Crippen molar-refractivity contribution in [1.82, 2.24) is 5.32 Å². The van der Waals surface area contributed by atoms with Crippen molar-refractivity contribution in [2.24, 2.45) is 0 Å². The highest BCUT2D eigenvalue weighted by molar-refractivity contribution is 5.94. The van der Waals surface area contributed by atoms with E-state index in [0.29, 0.717) is 18.0 Å². The van der Waals surface area contributed by atoms with Crippen LogP contribution in [0, 0.1) is 11.3 Å². The van der Waals surface area contributed by atoms with Gasteiger partial charge in [0.05, 0.1) is 12.5 Å². The topological polar surface area (TPSA) is 52.9 Å². The van der Waals surface area contributed by atoms with Crippen molar-refractivity contribution in [3.63, 3.8) is 0 Å². The predicted molar refractivity (Wildman–Crippen MR) is 65.5 cm³/mol. The Balaban J connectivity index is 2.02. The van der Waals surface area contributed by atoms with E-state index in [1.54, 1.807) is 12.1 Å². The Bertz CT molecular complexity index is 442. The van der Waals surface area contributed by atoms with Gasteiger partial charge in [-0.05, 0) is 30.5 Å². The number of carbonyl (C=O) groups is 1. The Morgan fingerprint density at radius 3 is 2.88 bits per heavy atom. The minimum atomic E-state index is -0.0170. The maximum atomic E-state index is 12.0. The van der Waals surface area contributed by atoms with Gasteiger partial charge >= 0.3 is 0 Å². The van der Waals surface area contributed by atoms with Crippen LogP contribution in [0.15, 0.2) is 24.3 Å². The van der Waals surface area contributed by atoms with E-state index in [2.05, 4.69) is 11.4 Å². The first-order chi connectivity index (χ1) is 8.29. The molecule has 0 radical (unpaired) electrons. The lowest BCUT2D eigenvalue weighted by Crippen LogP contribution is -2.32. The smallest absolute Gasteiger partial charge is 0.251 e. The highest BCUT2D eigenvalue weighted by Gasteiger charge is 2.17. The second-order valence-corrected chi connectivity index (χ2v) is 4.49. The average Bonchev–Trinajstić information content (AvgIpc) is 2.83. The molecule has 3 nitrogen and oxygen atoms in total. The lowest BCUT2D eigenvalue weighted by molar-refractivity contribution is 0.0938. The van der Waals surface area contributed by atoms with Gasteiger partial charge in [0.15, 0.2) is 0 Å². The predicted octanol–water partition coefficient (Wildman–Crippen LogP) is 2.43. The second-order valence-electron chi connectivity index (χ2n) is 4.49. The molecule has 1 aliphatic rings. The number of nitrogens with zero attached hydrogens (tertiary/aromatic N) is 1. The molecule has 1 saturated carbocycles. The summed E-state index contributed by atoms with van der Waals surface area (Å²) in [5.74, 6) is -0.0170. The summed E-state index contributed by atoms with van der Waals surface area (Å²) in [6.45, 7) is 0. The van der Waals surface area contributed by atoms with Gasteiger partial charge in [0, 0.05) is 11.6 Å². The molecule has 1 aromatic rings. The van der Waals surface area contributed by atoms with Crippen LogP contribution >= 0.6 is 0 Å². The summed E-state index contributed by atoms with van der Waals surface area (Å²) in [6, 6.07) is 9.72. The molecule has 88 valence electrons. The zero-order valence-electron chi connectivity index (χ0n) is 9.78. The van der Waals surface area contributed by atoms with Gasteiger partial charge in [-0.3, -0.25) is 4.79 Å². The summed E-state index contributed by atoms with van der Waals surface area (Å²) in [7, 11) is 0. The van der Waals surface area contributed by atoms with E-state index >= 15 is 0 Å². The van der Waals surface area contributed by atoms with Crippen LogP contribution in [0.25, 0.3) is 0 Å². The summed E-state index contributed by atoms with van der Waals surface area (Å²) in [5, 5.41) is 11.7. The molecule has 0 unspecified atom stereocenters. The number of hydrogen-bond acceptors (Lipinski definition) is 2. The van der Waals surface area contributed by atoms with Crippen LogP contribution in [-0.4, -0.2) is 11.9 Å². The fourth-order valence-electron chi connectivity index (χ4n) is 2.25. The van der Waals surface area contributed by atoms with Crippen LogP contribution in [0.1, 0.15) is 41.6 Å². The SMILES string of the molecule is N#CCc1cccc(C(=O)NC2CCCC2)c1. The molecule has 0 aliphatic heterocycles. The lowest BCUT2D eigenvalue weighted by atomic mass is 10.1. The Kier molecular flexibility index (Phi) is 3.77. The van der Waals surface area contributed by atoms with Crippen LogP contribution in [0.4, 0.5) is 0 Å². The fraction of sp³-hybridized carbons (Fsp3) is 0.429. The highest BCUT2D eigenvalue weighted by Crippen LogP contribution is 2.18. The molecule has 1 aliphatic carbocycles. The summed E-state index contributed by atoms with van der Waals surface area (Å²) in [5.41, 5.74) is 1.55. The first kappa shape index (κ1) is 11.7. The lowest BCUT2D eigenvalue weighted by Gasteiger charge is -2.12. The third-order valence-corrected chi connectivity index (χ3v) is 3.16. The van der Waals surface area contributed by atoms with Crippen molar-refractivity contribution in [2.45, 2.75) is 38.1 Å². The molecule has 1 aromatic carbocycles. The third kappa shape index (κ3) is 3.07. The first-order valence-electron chi connectivity index (χ1n) is 6.06. The molecule has 1 N–H and O–H groups in total. The van der Waals surface area contributed by atoms with E-state index in [9.17, 15) is 4.79 Å². The molecule has 0 aromatic heterocycles. The molecule has 1 amide bonds. The zero-order chi connectivity index (χ0) is 12.1. The Morgan fingerprint density at radius 2 is 2.18 bits per heavy atom. The van der Waals surface area contributed by atoms with Crippen LogP contribution in [0.2, 0.25) is 0 Å². The second kappa shape index (κ2) is 5.49. The normalized spacial score (nSPS) is 15.5. The van der Waals surface area contributed by atoms with Gasteiger partial charge in [0.2, 0.25) is 0 Å². The zero-order valence-corrected chi connectivity index (χ0v) is 9.78. The number of rotatable bonds is 3. The molecule has 1 fully saturated rings. The number of benzene rings is 1. The minimum absolute atomic E-state index is 0.0170. The molecule has 0 spiro atoms. The molecule has 0 atom stereocenters. The molecule has 0 bridgehead atoms. The van der Waals surface area contributed by atoms with Crippen LogP contribution in [-0.2, 0) is 6.42 Å². The van der Waals surface area contributed by atoms with Gasteiger partial charge in [-0.1, -0.05) is 25.0 Å². The van der Waals surface area contributed by atoms with E-state index in [1.165, 1.54) is 12.8 Å². The molecule has 3 heteroatoms. The molecular weight excluding hydrogens is 212 g/mol. The van der Waals surface area contributed by atoms with Gasteiger partial charge in [-0.25, -0.2) is 0 Å². The van der Waals surface area contributed by atoms with E-state index in [-0.39, 0.29) is 5.91 Å². The van der Waals surface area contributed by atoms with E-state index in [4.69, 9.17) is 5.26 Å². The van der Waals surface area contributed by atoms with Crippen LogP contribution in [0.3, 0.4) is 0 Å². The summed E-state index contributed by atoms with van der Waals surface area (Å²) in [4.78, 5) is 12.0. The van der Waals surface area contributed by atoms with E-state index in [1.807, 2.05) is 12.1 Å². The number of hydrogen-bond donors (Lipinski definition) is 1. The maximum Gasteiger partial charge on any atom is 0.251 e. The Labute approximate surface area is 101 Å². The van der Waals surface area contributed by atoms with Crippen molar-refractivity contribution in [1.29, 1.82) is 5.26 Å². The standard InChI is InChI=1S/C14H16N2O/c15-9-8-11-4-3-5-12(10-11)14(17)16-13-6-1-2-7-13/h3-5,10,13H,1-2,6-8H2,(H,16,17). The van der Waals surface area contributed by atoms with Crippen LogP contribution < -0.4 is 5.32 Å². The molecule has 0 saturated heterocycles. The summed E-state index contributed by atoms with van der Waals surface area (Å²) < 4.78 is 0. The van der Waals surface area contributed by atoms with E-state index in [0.717, 1.165) is 18.4 Å². The summed E-state index contributed by atoms with van der Waals surface area (Å²) in [6.07, 6.45) is 4.94. The van der Waals surface area contributed by atoms with Crippen molar-refractivity contribution >= 4 is 5.91 Å². The minimum Gasteiger partial charge on any atom is -0.349 e. The van der Waals surface area contributed by atoms with Crippen molar-refractivity contribution in [3.05, 3.63) is 35.4 Å². The largest absolute Gasteiger partial charge is 0.349 e. The van der Waals surface area contributed by atoms with Crippen molar-refractivity contribution < 1.29 is 4.79 Å². The number of amides is 1. The molecule has 0 heterocycles. The Morgan fingerprint density at radius 1 is 1.41 bits per heavy atom. The van der Waals surface area contributed by atoms with Crippen LogP contribution in [0.5, 0.6) is 0 Å². The first-order valence-corrected chi connectivity index (χ1v) is 6.06. The van der Waals surface area contributed by atoms with Gasteiger partial charge < -0.3 is 5.32 Å². The van der Waals surface area contributed by atoms with Gasteiger partial charge in [-0.15, -0.1) is 0 Å². The van der Waals surface area contributed by atoms with Gasteiger partial charge in [-0.2, -0.15) is 5.26 Å². The van der Waals surface area contributed by atoms with Crippen molar-refractivity contribution in [2.75, 3.05) is 0 Å². The molecule has 17 heavy (non-hydrogen) atoms. The number of nitriles is 1. The average molecular weight is 228 g/mol. The van der Waals surface area contributed by atoms with E-state index < -0.39 is 0 Å².